The Morgan fingerprint density at radius 2 is 2.07 bits per heavy atom. The minimum atomic E-state index is -3.88. The zero-order valence-electron chi connectivity index (χ0n) is 7.69. The quantitative estimate of drug-likeness (QED) is 0.785. The van der Waals surface area contributed by atoms with Crippen LogP contribution in [0.2, 0.25) is 0 Å². The molecule has 6 heteroatoms. The topological polar surface area (TPSA) is 67.5 Å². The van der Waals surface area contributed by atoms with Crippen LogP contribution < -0.4 is 0 Å². The van der Waals surface area contributed by atoms with Crippen molar-refractivity contribution >= 4 is 30.7 Å². The van der Waals surface area contributed by atoms with E-state index in [4.69, 9.17) is 15.1 Å². The molecule has 15 heavy (non-hydrogen) atoms. The maximum atomic E-state index is 11.1. The fraction of sp³-hybridized carbons (Fsp3) is 0.111. The van der Waals surface area contributed by atoms with Gasteiger partial charge in [0.15, 0.2) is 0 Å². The molecule has 1 aromatic heterocycles. The first-order valence-corrected chi connectivity index (χ1v) is 6.37. The fourth-order valence-electron chi connectivity index (χ4n) is 1.42. The Morgan fingerprint density at radius 1 is 1.40 bits per heavy atom. The van der Waals surface area contributed by atoms with Gasteiger partial charge in [-0.3, -0.25) is 0 Å². The monoisotopic (exact) mass is 246 g/mol. The van der Waals surface area contributed by atoms with E-state index in [1.165, 1.54) is 12.1 Å². The number of phenolic OH excluding ortho intramolecular Hbond substituents is 1. The molecule has 0 saturated carbocycles. The largest absolute Gasteiger partial charge is 0.508 e. The second-order valence-corrected chi connectivity index (χ2v) is 5.60. The molecule has 2 rings (SSSR count). The summed E-state index contributed by atoms with van der Waals surface area (Å²) in [7, 11) is 1.31. The van der Waals surface area contributed by atoms with E-state index >= 15 is 0 Å². The van der Waals surface area contributed by atoms with E-state index < -0.39 is 9.05 Å². The second kappa shape index (κ2) is 3.15. The molecular formula is C9H7ClO4S. The lowest BCUT2D eigenvalue weighted by Gasteiger charge is -1.90. The molecule has 1 N–H and O–H groups in total. The predicted octanol–water partition coefficient (Wildman–Crippen LogP) is 2.37. The molecule has 0 radical (unpaired) electrons. The Morgan fingerprint density at radius 3 is 2.67 bits per heavy atom. The maximum absolute atomic E-state index is 11.1. The smallest absolute Gasteiger partial charge is 0.294 e. The molecule has 2 aromatic rings. The average Bonchev–Trinajstić information content (AvgIpc) is 2.42. The molecule has 0 aliphatic carbocycles. The van der Waals surface area contributed by atoms with Crippen molar-refractivity contribution < 1.29 is 17.9 Å². The second-order valence-electron chi connectivity index (χ2n) is 3.13. The van der Waals surface area contributed by atoms with Crippen LogP contribution in [0.3, 0.4) is 0 Å². The number of phenols is 1. The van der Waals surface area contributed by atoms with Gasteiger partial charge in [0.1, 0.15) is 11.3 Å². The van der Waals surface area contributed by atoms with E-state index in [9.17, 15) is 13.5 Å². The molecule has 0 bridgehead atoms. The highest BCUT2D eigenvalue weighted by Crippen LogP contribution is 2.32. The van der Waals surface area contributed by atoms with Gasteiger partial charge in [0.2, 0.25) is 5.09 Å². The van der Waals surface area contributed by atoms with Crippen molar-refractivity contribution in [2.45, 2.75) is 12.0 Å². The van der Waals surface area contributed by atoms with Gasteiger partial charge in [-0.25, -0.2) is 8.42 Å². The summed E-state index contributed by atoms with van der Waals surface area (Å²) in [6, 6.07) is 4.37. The summed E-state index contributed by atoms with van der Waals surface area (Å²) in [5.41, 5.74) is 0.742. The lowest BCUT2D eigenvalue weighted by molar-refractivity contribution is 0.466. The third-order valence-electron chi connectivity index (χ3n) is 2.10. The van der Waals surface area contributed by atoms with Crippen molar-refractivity contribution in [3.05, 3.63) is 23.8 Å². The summed E-state index contributed by atoms with van der Waals surface area (Å²) in [5.74, 6) is 0.00905. The van der Waals surface area contributed by atoms with Crippen LogP contribution in [0.25, 0.3) is 11.0 Å². The molecule has 0 aliphatic rings. The van der Waals surface area contributed by atoms with Crippen LogP contribution in [0.4, 0.5) is 0 Å². The van der Waals surface area contributed by atoms with Crippen LogP contribution in [0, 0.1) is 6.92 Å². The lowest BCUT2D eigenvalue weighted by Crippen LogP contribution is -1.89. The van der Waals surface area contributed by atoms with E-state index in [0.717, 1.165) is 0 Å². The van der Waals surface area contributed by atoms with Crippen LogP contribution in [0.5, 0.6) is 5.75 Å². The van der Waals surface area contributed by atoms with E-state index in [1.807, 2.05) is 0 Å². The van der Waals surface area contributed by atoms with Gasteiger partial charge in [0.25, 0.3) is 9.05 Å². The number of aryl methyl sites for hydroxylation is 1. The number of hydrogen-bond donors (Lipinski definition) is 1. The Bertz CT molecular complexity index is 627. The molecule has 4 nitrogen and oxygen atoms in total. The highest BCUT2D eigenvalue weighted by atomic mass is 35.7. The summed E-state index contributed by atoms with van der Waals surface area (Å²) in [6.07, 6.45) is 0. The van der Waals surface area contributed by atoms with Gasteiger partial charge < -0.3 is 9.52 Å². The zero-order valence-corrected chi connectivity index (χ0v) is 9.26. The lowest BCUT2D eigenvalue weighted by atomic mass is 10.2. The molecule has 1 heterocycles. The van der Waals surface area contributed by atoms with Crippen molar-refractivity contribution in [1.82, 2.24) is 0 Å². The molecule has 1 aromatic carbocycles. The zero-order chi connectivity index (χ0) is 11.2. The number of fused-ring (bicyclic) bond motifs is 1. The normalized spacial score (nSPS) is 12.1. The summed E-state index contributed by atoms with van der Waals surface area (Å²) in [6.45, 7) is 1.60. The number of benzene rings is 1. The van der Waals surface area contributed by atoms with E-state index in [2.05, 4.69) is 0 Å². The van der Waals surface area contributed by atoms with Crippen LogP contribution in [-0.4, -0.2) is 13.5 Å². The van der Waals surface area contributed by atoms with Gasteiger partial charge in [0, 0.05) is 27.7 Å². The fourth-order valence-corrected chi connectivity index (χ4v) is 2.53. The minimum Gasteiger partial charge on any atom is -0.508 e. The third-order valence-corrected chi connectivity index (χ3v) is 3.35. The predicted molar refractivity (Wildman–Crippen MR) is 55.7 cm³/mol. The van der Waals surface area contributed by atoms with Crippen LogP contribution in [-0.2, 0) is 9.05 Å². The van der Waals surface area contributed by atoms with E-state index in [-0.39, 0.29) is 10.8 Å². The van der Waals surface area contributed by atoms with Gasteiger partial charge in [-0.2, -0.15) is 0 Å². The van der Waals surface area contributed by atoms with Crippen LogP contribution >= 0.6 is 10.7 Å². The van der Waals surface area contributed by atoms with Gasteiger partial charge in [-0.05, 0) is 19.1 Å². The van der Waals surface area contributed by atoms with Gasteiger partial charge in [-0.1, -0.05) is 0 Å². The molecule has 0 saturated heterocycles. The summed E-state index contributed by atoms with van der Waals surface area (Å²) >= 11 is 0. The summed E-state index contributed by atoms with van der Waals surface area (Å²) in [5, 5.41) is 9.54. The first-order valence-electron chi connectivity index (χ1n) is 4.06. The van der Waals surface area contributed by atoms with Crippen LogP contribution in [0.15, 0.2) is 27.7 Å². The third kappa shape index (κ3) is 1.68. The average molecular weight is 247 g/mol. The minimum absolute atomic E-state index is 0.00905. The molecule has 0 atom stereocenters. The molecule has 80 valence electrons. The Hall–Kier alpha value is -1.20. The highest BCUT2D eigenvalue weighted by molar-refractivity contribution is 8.13. The molecule has 0 aliphatic heterocycles. The number of furan rings is 1. The maximum Gasteiger partial charge on any atom is 0.294 e. The number of halogens is 1. The standard InChI is InChI=1S/C9H7ClO4S/c1-5-7-3-2-6(11)4-8(7)14-9(5)15(10,12)13/h2-4,11H,1H3. The Labute approximate surface area is 90.5 Å². The molecule has 0 unspecified atom stereocenters. The highest BCUT2D eigenvalue weighted by Gasteiger charge is 2.21. The van der Waals surface area contributed by atoms with Crippen molar-refractivity contribution in [2.75, 3.05) is 0 Å². The van der Waals surface area contributed by atoms with Crippen molar-refractivity contribution in [3.63, 3.8) is 0 Å². The van der Waals surface area contributed by atoms with Crippen molar-refractivity contribution in [3.8, 4) is 5.75 Å². The number of hydrogen-bond acceptors (Lipinski definition) is 4. The SMILES string of the molecule is Cc1c(S(=O)(=O)Cl)oc2cc(O)ccc12. The molecular weight excluding hydrogens is 240 g/mol. The van der Waals surface area contributed by atoms with E-state index in [0.29, 0.717) is 16.5 Å². The number of aromatic hydroxyl groups is 1. The van der Waals surface area contributed by atoms with Gasteiger partial charge >= 0.3 is 0 Å². The van der Waals surface area contributed by atoms with Gasteiger partial charge in [0.05, 0.1) is 0 Å². The first kappa shape index (κ1) is 10.3. The molecule has 0 amide bonds. The Kier molecular flexibility index (Phi) is 2.17. The molecule has 0 spiro atoms. The summed E-state index contributed by atoms with van der Waals surface area (Å²) in [4.78, 5) is 0. The number of rotatable bonds is 1. The summed E-state index contributed by atoms with van der Waals surface area (Å²) < 4.78 is 27.3. The van der Waals surface area contributed by atoms with Gasteiger partial charge in [-0.15, -0.1) is 0 Å². The van der Waals surface area contributed by atoms with Crippen molar-refractivity contribution in [2.24, 2.45) is 0 Å². The van der Waals surface area contributed by atoms with Crippen molar-refractivity contribution in [1.29, 1.82) is 0 Å². The van der Waals surface area contributed by atoms with Crippen LogP contribution in [0.1, 0.15) is 5.56 Å². The molecule has 0 fully saturated rings. The first-order chi connectivity index (χ1) is 6.89. The Balaban J connectivity index is 2.87. The van der Waals surface area contributed by atoms with E-state index in [1.54, 1.807) is 13.0 Å².